The fraction of sp³-hybridized carbons (Fsp3) is 0.227. The zero-order valence-corrected chi connectivity index (χ0v) is 16.0. The molecule has 0 aliphatic carbocycles. The van der Waals surface area contributed by atoms with Crippen LogP contribution in [-0.4, -0.2) is 34.4 Å². The molecule has 1 atom stereocenters. The maximum Gasteiger partial charge on any atom is 0.254 e. The Morgan fingerprint density at radius 2 is 1.90 bits per heavy atom. The van der Waals surface area contributed by atoms with Crippen molar-refractivity contribution < 1.29 is 13.9 Å². The number of methoxy groups -OCH3 is 1. The summed E-state index contributed by atoms with van der Waals surface area (Å²) in [6, 6.07) is 13.0. The molecule has 2 N–H and O–H groups in total. The van der Waals surface area contributed by atoms with Crippen molar-refractivity contribution in [1.82, 2.24) is 14.9 Å². The molecule has 29 heavy (non-hydrogen) atoms. The van der Waals surface area contributed by atoms with Gasteiger partial charge in [0.05, 0.1) is 18.8 Å². The largest absolute Gasteiger partial charge is 0.497 e. The van der Waals surface area contributed by atoms with Crippen molar-refractivity contribution in [2.75, 3.05) is 19.4 Å². The lowest BCUT2D eigenvalue weighted by molar-refractivity contribution is 0.0733. The molecule has 0 radical (unpaired) electrons. The highest BCUT2D eigenvalue weighted by atomic mass is 19.1. The van der Waals surface area contributed by atoms with E-state index in [1.165, 1.54) is 24.3 Å². The van der Waals surface area contributed by atoms with Crippen LogP contribution in [0.3, 0.4) is 0 Å². The second-order valence-electron chi connectivity index (χ2n) is 6.92. The van der Waals surface area contributed by atoms with Crippen LogP contribution >= 0.6 is 0 Å². The monoisotopic (exact) mass is 392 g/mol. The van der Waals surface area contributed by atoms with Crippen molar-refractivity contribution in [2.24, 2.45) is 0 Å². The molecular weight excluding hydrogens is 371 g/mol. The fourth-order valence-corrected chi connectivity index (χ4v) is 3.71. The molecule has 1 aromatic heterocycles. The Hall–Kier alpha value is -3.48. The second kappa shape index (κ2) is 7.87. The number of carbonyl (C=O) groups is 1. The fourth-order valence-electron chi connectivity index (χ4n) is 3.71. The van der Waals surface area contributed by atoms with Crippen molar-refractivity contribution in [3.05, 3.63) is 71.8 Å². The number of aromatic nitrogens is 2. The van der Waals surface area contributed by atoms with E-state index in [1.807, 2.05) is 24.3 Å². The molecule has 3 aromatic rings. The first-order chi connectivity index (χ1) is 14.1. The molecule has 4 rings (SSSR count). The molecule has 0 bridgehead atoms. The minimum Gasteiger partial charge on any atom is -0.497 e. The summed E-state index contributed by atoms with van der Waals surface area (Å²) < 4.78 is 18.5. The van der Waals surface area contributed by atoms with Gasteiger partial charge in [0.2, 0.25) is 5.95 Å². The van der Waals surface area contributed by atoms with E-state index in [-0.39, 0.29) is 23.7 Å². The van der Waals surface area contributed by atoms with Crippen LogP contribution in [0.4, 0.5) is 10.3 Å². The molecule has 1 unspecified atom stereocenters. The molecule has 0 spiro atoms. The number of amides is 1. The van der Waals surface area contributed by atoms with Gasteiger partial charge in [-0.15, -0.1) is 0 Å². The van der Waals surface area contributed by atoms with Gasteiger partial charge in [-0.1, -0.05) is 12.1 Å². The first kappa shape index (κ1) is 18.9. The van der Waals surface area contributed by atoms with E-state index in [9.17, 15) is 9.18 Å². The number of hydrogen-bond donors (Lipinski definition) is 1. The molecule has 2 aromatic carbocycles. The van der Waals surface area contributed by atoms with Gasteiger partial charge in [-0.05, 0) is 54.8 Å². The van der Waals surface area contributed by atoms with E-state index in [4.69, 9.17) is 10.5 Å². The first-order valence-electron chi connectivity index (χ1n) is 9.40. The highest BCUT2D eigenvalue weighted by molar-refractivity contribution is 5.94. The van der Waals surface area contributed by atoms with Gasteiger partial charge in [0, 0.05) is 23.9 Å². The molecular formula is C22H21FN4O2. The third-order valence-corrected chi connectivity index (χ3v) is 5.16. The average molecular weight is 392 g/mol. The molecule has 148 valence electrons. The van der Waals surface area contributed by atoms with Gasteiger partial charge in [0.15, 0.2) is 0 Å². The summed E-state index contributed by atoms with van der Waals surface area (Å²) in [6.07, 6.45) is 3.31. The molecule has 0 saturated carbocycles. The van der Waals surface area contributed by atoms with Gasteiger partial charge >= 0.3 is 0 Å². The summed E-state index contributed by atoms with van der Waals surface area (Å²) >= 11 is 0. The topological polar surface area (TPSA) is 81.3 Å². The first-order valence-corrected chi connectivity index (χ1v) is 9.40. The Kier molecular flexibility index (Phi) is 5.12. The van der Waals surface area contributed by atoms with Crippen molar-refractivity contribution >= 4 is 11.9 Å². The zero-order chi connectivity index (χ0) is 20.4. The lowest BCUT2D eigenvalue weighted by Crippen LogP contribution is -2.31. The minimum atomic E-state index is -0.370. The SMILES string of the molecule is COc1ccc(-c2cnc(N)nc2C2CCCN2C(=O)c2ccc(F)cc2)cc1. The predicted molar refractivity (Wildman–Crippen MR) is 108 cm³/mol. The number of halogens is 1. The Balaban J connectivity index is 1.71. The molecule has 1 aliphatic rings. The van der Waals surface area contributed by atoms with Gasteiger partial charge in [-0.3, -0.25) is 4.79 Å². The zero-order valence-electron chi connectivity index (χ0n) is 16.0. The van der Waals surface area contributed by atoms with Crippen LogP contribution < -0.4 is 10.5 Å². The van der Waals surface area contributed by atoms with Gasteiger partial charge in [-0.2, -0.15) is 0 Å². The smallest absolute Gasteiger partial charge is 0.254 e. The number of anilines is 1. The summed E-state index contributed by atoms with van der Waals surface area (Å²) in [4.78, 5) is 23.5. The number of nitrogens with zero attached hydrogens (tertiary/aromatic N) is 3. The molecule has 2 heterocycles. The van der Waals surface area contributed by atoms with E-state index >= 15 is 0 Å². The lowest BCUT2D eigenvalue weighted by Gasteiger charge is -2.26. The Labute approximate surface area is 168 Å². The summed E-state index contributed by atoms with van der Waals surface area (Å²) in [5.74, 6) is 0.397. The third-order valence-electron chi connectivity index (χ3n) is 5.16. The Bertz CT molecular complexity index is 1020. The van der Waals surface area contributed by atoms with E-state index in [2.05, 4.69) is 9.97 Å². The van der Waals surface area contributed by atoms with Crippen molar-refractivity contribution in [2.45, 2.75) is 18.9 Å². The van der Waals surface area contributed by atoms with Crippen molar-refractivity contribution in [1.29, 1.82) is 0 Å². The normalized spacial score (nSPS) is 16.1. The predicted octanol–water partition coefficient (Wildman–Crippen LogP) is 3.85. The quantitative estimate of drug-likeness (QED) is 0.729. The average Bonchev–Trinajstić information content (AvgIpc) is 3.23. The third kappa shape index (κ3) is 3.76. The van der Waals surface area contributed by atoms with Gasteiger partial charge in [-0.25, -0.2) is 14.4 Å². The number of benzene rings is 2. The van der Waals surface area contributed by atoms with Crippen LogP contribution in [0.25, 0.3) is 11.1 Å². The summed E-state index contributed by atoms with van der Waals surface area (Å²) in [5, 5.41) is 0. The van der Waals surface area contributed by atoms with Gasteiger partial charge in [0.25, 0.3) is 5.91 Å². The molecule has 7 heteroatoms. The van der Waals surface area contributed by atoms with Crippen LogP contribution in [-0.2, 0) is 0 Å². The number of ether oxygens (including phenoxy) is 1. The molecule has 1 saturated heterocycles. The minimum absolute atomic E-state index is 0.148. The standard InChI is InChI=1S/C22H21FN4O2/c1-29-17-10-6-14(7-11-17)18-13-25-22(24)26-20(18)19-3-2-12-27(19)21(28)15-4-8-16(23)9-5-15/h4-11,13,19H,2-3,12H2,1H3,(H2,24,25,26). The van der Waals surface area contributed by atoms with E-state index in [0.717, 1.165) is 35.4 Å². The highest BCUT2D eigenvalue weighted by Gasteiger charge is 2.33. The number of nitrogen functional groups attached to an aromatic ring is 1. The van der Waals surface area contributed by atoms with E-state index in [0.29, 0.717) is 12.1 Å². The molecule has 1 fully saturated rings. The van der Waals surface area contributed by atoms with E-state index < -0.39 is 0 Å². The van der Waals surface area contributed by atoms with Gasteiger partial charge in [0.1, 0.15) is 11.6 Å². The van der Waals surface area contributed by atoms with Crippen LogP contribution in [0.5, 0.6) is 5.75 Å². The number of carbonyl (C=O) groups excluding carboxylic acids is 1. The summed E-state index contributed by atoms with van der Waals surface area (Å²) in [6.45, 7) is 0.604. The highest BCUT2D eigenvalue weighted by Crippen LogP contribution is 2.37. The van der Waals surface area contributed by atoms with E-state index in [1.54, 1.807) is 18.2 Å². The maximum atomic E-state index is 13.2. The van der Waals surface area contributed by atoms with Crippen LogP contribution in [0.15, 0.2) is 54.7 Å². The number of hydrogen-bond acceptors (Lipinski definition) is 5. The Morgan fingerprint density at radius 3 is 2.59 bits per heavy atom. The summed E-state index contributed by atoms with van der Waals surface area (Å²) in [7, 11) is 1.62. The maximum absolute atomic E-state index is 13.2. The second-order valence-corrected chi connectivity index (χ2v) is 6.92. The van der Waals surface area contributed by atoms with Crippen molar-refractivity contribution in [3.8, 4) is 16.9 Å². The van der Waals surface area contributed by atoms with Crippen LogP contribution in [0.1, 0.15) is 34.9 Å². The lowest BCUT2D eigenvalue weighted by atomic mass is 9.99. The number of nitrogens with two attached hydrogens (primary N) is 1. The molecule has 1 amide bonds. The van der Waals surface area contributed by atoms with Crippen LogP contribution in [0, 0.1) is 5.82 Å². The van der Waals surface area contributed by atoms with Gasteiger partial charge < -0.3 is 15.4 Å². The number of rotatable bonds is 4. The van der Waals surface area contributed by atoms with Crippen LogP contribution in [0.2, 0.25) is 0 Å². The molecule has 6 nitrogen and oxygen atoms in total. The Morgan fingerprint density at radius 1 is 1.17 bits per heavy atom. The van der Waals surface area contributed by atoms with Crippen molar-refractivity contribution in [3.63, 3.8) is 0 Å². The summed E-state index contributed by atoms with van der Waals surface area (Å²) in [5.41, 5.74) is 8.79. The molecule has 1 aliphatic heterocycles. The number of likely N-dealkylation sites (tertiary alicyclic amines) is 1.